The van der Waals surface area contributed by atoms with E-state index < -0.39 is 5.92 Å². The van der Waals surface area contributed by atoms with Crippen molar-refractivity contribution in [2.45, 2.75) is 12.8 Å². The van der Waals surface area contributed by atoms with Crippen LogP contribution in [0.25, 0.3) is 22.2 Å². The number of benzene rings is 3. The summed E-state index contributed by atoms with van der Waals surface area (Å²) in [4.78, 5) is 9.06. The summed E-state index contributed by atoms with van der Waals surface area (Å²) in [5, 5.41) is 11.3. The second kappa shape index (κ2) is 7.88. The first kappa shape index (κ1) is 18.9. The monoisotopic (exact) mass is 399 g/mol. The molecule has 1 aromatic heterocycles. The van der Waals surface area contributed by atoms with Gasteiger partial charge in [0.05, 0.1) is 23.2 Å². The summed E-state index contributed by atoms with van der Waals surface area (Å²) in [5.74, 6) is 5.50. The van der Waals surface area contributed by atoms with Crippen molar-refractivity contribution in [3.63, 3.8) is 0 Å². The van der Waals surface area contributed by atoms with E-state index in [9.17, 15) is 5.26 Å². The van der Waals surface area contributed by atoms with E-state index in [4.69, 9.17) is 17.4 Å². The predicted molar refractivity (Wildman–Crippen MR) is 116 cm³/mol. The Balaban J connectivity index is 1.91. The van der Waals surface area contributed by atoms with E-state index in [1.54, 1.807) is 12.1 Å². The summed E-state index contributed by atoms with van der Waals surface area (Å²) in [6, 6.07) is 23.6. The van der Waals surface area contributed by atoms with Crippen molar-refractivity contribution in [3.8, 4) is 17.3 Å². The van der Waals surface area contributed by atoms with Crippen molar-refractivity contribution in [1.82, 2.24) is 9.97 Å². The highest BCUT2D eigenvalue weighted by molar-refractivity contribution is 6.30. The molecule has 0 spiro atoms. The first-order valence-corrected chi connectivity index (χ1v) is 9.47. The first-order valence-electron chi connectivity index (χ1n) is 9.09. The number of nitrogens with one attached hydrogen (secondary N) is 1. The van der Waals surface area contributed by atoms with Crippen molar-refractivity contribution < 1.29 is 0 Å². The van der Waals surface area contributed by atoms with Crippen molar-refractivity contribution in [2.75, 3.05) is 5.43 Å². The van der Waals surface area contributed by atoms with Gasteiger partial charge in [-0.2, -0.15) is 5.26 Å². The molecule has 6 heteroatoms. The molecule has 0 aliphatic heterocycles. The Bertz CT molecular complexity index is 1230. The van der Waals surface area contributed by atoms with Crippen molar-refractivity contribution >= 4 is 28.5 Å². The van der Waals surface area contributed by atoms with E-state index >= 15 is 0 Å². The minimum Gasteiger partial charge on any atom is -0.292 e. The first-order chi connectivity index (χ1) is 14.1. The molecule has 5 nitrogen and oxygen atoms in total. The number of hydrazine groups is 1. The number of anilines is 1. The minimum absolute atomic E-state index is 0.344. The molecule has 29 heavy (non-hydrogen) atoms. The Morgan fingerprint density at radius 3 is 2.45 bits per heavy atom. The van der Waals surface area contributed by atoms with Gasteiger partial charge in [0, 0.05) is 16.0 Å². The Morgan fingerprint density at radius 2 is 1.76 bits per heavy atom. The van der Waals surface area contributed by atoms with E-state index in [1.165, 1.54) is 0 Å². The molecule has 1 unspecified atom stereocenters. The maximum absolute atomic E-state index is 9.84. The maximum Gasteiger partial charge on any atom is 0.238 e. The number of nitrogen functional groups attached to an aromatic ring is 1. The number of nitrogens with two attached hydrogens (primary N) is 1. The molecule has 0 amide bonds. The standard InChI is InChI=1S/C23H18ClN5/c1-14-3-2-4-17(11-14)22-19-12-16(7-10-21(19)27-23(28-22)29-26)20(13-25)15-5-8-18(24)9-6-15/h2-12,20H,26H2,1H3,(H,27,28,29). The van der Waals surface area contributed by atoms with Gasteiger partial charge >= 0.3 is 0 Å². The van der Waals surface area contributed by atoms with E-state index in [-0.39, 0.29) is 0 Å². The molecule has 0 aliphatic carbocycles. The van der Waals surface area contributed by atoms with Crippen LogP contribution < -0.4 is 11.3 Å². The number of aromatic nitrogens is 2. The number of halogens is 1. The number of aryl methyl sites for hydroxylation is 1. The van der Waals surface area contributed by atoms with Gasteiger partial charge in [-0.15, -0.1) is 0 Å². The van der Waals surface area contributed by atoms with Crippen molar-refractivity contribution in [2.24, 2.45) is 5.84 Å². The van der Waals surface area contributed by atoms with Gasteiger partial charge in [-0.1, -0.05) is 53.6 Å². The third kappa shape index (κ3) is 3.77. The SMILES string of the molecule is Cc1cccc(-c2nc(NN)nc3ccc(C(C#N)c4ccc(Cl)cc4)cc23)c1. The maximum atomic E-state index is 9.84. The molecule has 0 fully saturated rings. The van der Waals surface area contributed by atoms with Crippen LogP contribution in [-0.2, 0) is 0 Å². The molecule has 0 saturated carbocycles. The molecule has 0 aliphatic rings. The van der Waals surface area contributed by atoms with Crippen LogP contribution in [0.2, 0.25) is 5.02 Å². The van der Waals surface area contributed by atoms with Crippen LogP contribution in [0.3, 0.4) is 0 Å². The second-order valence-corrected chi connectivity index (χ2v) is 7.24. The largest absolute Gasteiger partial charge is 0.292 e. The summed E-state index contributed by atoms with van der Waals surface area (Å²) >= 11 is 6.00. The molecule has 3 aromatic carbocycles. The number of hydrogen-bond donors (Lipinski definition) is 2. The highest BCUT2D eigenvalue weighted by Gasteiger charge is 2.17. The summed E-state index contributed by atoms with van der Waals surface area (Å²) in [6.07, 6.45) is 0. The summed E-state index contributed by atoms with van der Waals surface area (Å²) in [6.45, 7) is 2.03. The molecule has 0 saturated heterocycles. The van der Waals surface area contributed by atoms with Crippen LogP contribution >= 0.6 is 11.6 Å². The fourth-order valence-electron chi connectivity index (χ4n) is 3.40. The highest BCUT2D eigenvalue weighted by atomic mass is 35.5. The molecule has 0 bridgehead atoms. The molecule has 3 N–H and O–H groups in total. The molecular formula is C23H18ClN5. The van der Waals surface area contributed by atoms with Crippen molar-refractivity contribution in [1.29, 1.82) is 5.26 Å². The quantitative estimate of drug-likeness (QED) is 0.363. The van der Waals surface area contributed by atoms with Crippen LogP contribution in [0, 0.1) is 18.3 Å². The van der Waals surface area contributed by atoms with Gasteiger partial charge in [0.15, 0.2) is 0 Å². The van der Waals surface area contributed by atoms with Gasteiger partial charge in [0.2, 0.25) is 5.95 Å². The van der Waals surface area contributed by atoms with Crippen LogP contribution in [0.1, 0.15) is 22.6 Å². The van der Waals surface area contributed by atoms with E-state index in [0.29, 0.717) is 11.0 Å². The fraction of sp³-hybridized carbons (Fsp3) is 0.0870. The van der Waals surface area contributed by atoms with Gasteiger partial charge < -0.3 is 0 Å². The summed E-state index contributed by atoms with van der Waals surface area (Å²) in [5.41, 5.74) is 7.90. The predicted octanol–water partition coefficient (Wildman–Crippen LogP) is 5.20. The Labute approximate surface area is 173 Å². The third-order valence-electron chi connectivity index (χ3n) is 4.81. The molecule has 142 valence electrons. The zero-order valence-corrected chi connectivity index (χ0v) is 16.5. The van der Waals surface area contributed by atoms with Gasteiger partial charge in [-0.25, -0.2) is 15.8 Å². The number of rotatable bonds is 4. The highest BCUT2D eigenvalue weighted by Crippen LogP contribution is 2.32. The average molecular weight is 400 g/mol. The molecule has 4 rings (SSSR count). The molecule has 0 radical (unpaired) electrons. The lowest BCUT2D eigenvalue weighted by molar-refractivity contribution is 1.04. The molecule has 4 aromatic rings. The van der Waals surface area contributed by atoms with E-state index in [1.807, 2.05) is 55.5 Å². The molecular weight excluding hydrogens is 382 g/mol. The fourth-order valence-corrected chi connectivity index (χ4v) is 3.53. The Morgan fingerprint density at radius 1 is 1.00 bits per heavy atom. The Hall–Kier alpha value is -3.46. The average Bonchev–Trinajstić information content (AvgIpc) is 2.74. The lowest BCUT2D eigenvalue weighted by Crippen LogP contribution is -2.11. The van der Waals surface area contributed by atoms with E-state index in [2.05, 4.69) is 27.5 Å². The van der Waals surface area contributed by atoms with Gasteiger partial charge in [-0.05, 0) is 48.4 Å². The lowest BCUT2D eigenvalue weighted by atomic mass is 9.91. The van der Waals surface area contributed by atoms with Gasteiger partial charge in [-0.3, -0.25) is 5.43 Å². The smallest absolute Gasteiger partial charge is 0.238 e. The number of nitrogens with zero attached hydrogens (tertiary/aromatic N) is 3. The van der Waals surface area contributed by atoms with Crippen LogP contribution in [0.15, 0.2) is 66.7 Å². The summed E-state index contributed by atoms with van der Waals surface area (Å²) in [7, 11) is 0. The Kier molecular flexibility index (Phi) is 5.13. The van der Waals surface area contributed by atoms with Crippen molar-refractivity contribution in [3.05, 3.63) is 88.4 Å². The normalized spacial score (nSPS) is 11.8. The zero-order valence-electron chi connectivity index (χ0n) is 15.7. The lowest BCUT2D eigenvalue weighted by Gasteiger charge is -2.14. The molecule has 1 atom stereocenters. The second-order valence-electron chi connectivity index (χ2n) is 6.80. The minimum atomic E-state index is -0.422. The van der Waals surface area contributed by atoms with Crippen LogP contribution in [0.4, 0.5) is 5.95 Å². The zero-order chi connectivity index (χ0) is 20.4. The topological polar surface area (TPSA) is 87.6 Å². The van der Waals surface area contributed by atoms with Crippen LogP contribution in [-0.4, -0.2) is 9.97 Å². The number of nitriles is 1. The van der Waals surface area contributed by atoms with Gasteiger partial charge in [0.25, 0.3) is 0 Å². The third-order valence-corrected chi connectivity index (χ3v) is 5.06. The van der Waals surface area contributed by atoms with E-state index in [0.717, 1.165) is 38.9 Å². The summed E-state index contributed by atoms with van der Waals surface area (Å²) < 4.78 is 0. The van der Waals surface area contributed by atoms with Crippen LogP contribution in [0.5, 0.6) is 0 Å². The van der Waals surface area contributed by atoms with Gasteiger partial charge in [0.1, 0.15) is 0 Å². The number of hydrogen-bond acceptors (Lipinski definition) is 5. The molecule has 1 heterocycles. The number of fused-ring (bicyclic) bond motifs is 1.